The van der Waals surface area contributed by atoms with Gasteiger partial charge in [0.2, 0.25) is 0 Å². The minimum atomic E-state index is -4.75. The summed E-state index contributed by atoms with van der Waals surface area (Å²) >= 11 is 0. The number of fused-ring (bicyclic) bond motifs is 1. The number of carbonyl (C=O) groups excluding carboxylic acids is 1. The molecule has 12 heteroatoms. The maximum absolute atomic E-state index is 14.3. The zero-order chi connectivity index (χ0) is 30.0. The van der Waals surface area contributed by atoms with E-state index in [2.05, 4.69) is 10.2 Å². The van der Waals surface area contributed by atoms with Crippen LogP contribution in [0, 0.1) is 5.92 Å². The van der Waals surface area contributed by atoms with Crippen LogP contribution in [0.15, 0.2) is 42.7 Å². The number of amides is 2. The molecule has 2 aliphatic carbocycles. The van der Waals surface area contributed by atoms with Gasteiger partial charge in [-0.2, -0.15) is 13.2 Å². The van der Waals surface area contributed by atoms with Gasteiger partial charge in [0.25, 0.3) is 5.91 Å². The molecule has 0 radical (unpaired) electrons. The number of carboxylic acid groups (broad SMARTS) is 1. The Hall–Kier alpha value is -3.93. The van der Waals surface area contributed by atoms with Gasteiger partial charge in [-0.1, -0.05) is 18.6 Å². The van der Waals surface area contributed by atoms with E-state index in [9.17, 15) is 33.0 Å². The van der Waals surface area contributed by atoms with E-state index >= 15 is 0 Å². The molecule has 9 nitrogen and oxygen atoms in total. The van der Waals surface area contributed by atoms with Gasteiger partial charge in [-0.3, -0.25) is 9.69 Å². The summed E-state index contributed by atoms with van der Waals surface area (Å²) in [6.45, 7) is 1.23. The van der Waals surface area contributed by atoms with Crippen molar-refractivity contribution < 1.29 is 33.0 Å². The summed E-state index contributed by atoms with van der Waals surface area (Å²) in [6.07, 6.45) is 0.124. The van der Waals surface area contributed by atoms with Crippen molar-refractivity contribution in [3.05, 3.63) is 76.4 Å². The van der Waals surface area contributed by atoms with Crippen molar-refractivity contribution in [2.45, 2.75) is 75.9 Å². The fourth-order valence-corrected chi connectivity index (χ4v) is 6.56. The number of rotatable bonds is 7. The van der Waals surface area contributed by atoms with Gasteiger partial charge in [0.1, 0.15) is 6.33 Å². The summed E-state index contributed by atoms with van der Waals surface area (Å²) in [7, 11) is 1.73. The molecule has 0 spiro atoms. The Morgan fingerprint density at radius 3 is 2.45 bits per heavy atom. The second-order valence-electron chi connectivity index (χ2n) is 12.0. The predicted molar refractivity (Wildman–Crippen MR) is 146 cm³/mol. The number of aliphatic hydroxyl groups is 1. The van der Waals surface area contributed by atoms with Crippen LogP contribution in [0.1, 0.15) is 83.9 Å². The molecule has 1 unspecified atom stereocenters. The Bertz CT molecular complexity index is 1560. The minimum absolute atomic E-state index is 0.100. The van der Waals surface area contributed by atoms with Crippen LogP contribution in [0.25, 0.3) is 0 Å². The third-order valence-electron chi connectivity index (χ3n) is 9.41. The lowest BCUT2D eigenvalue weighted by atomic mass is 9.69. The molecule has 1 aliphatic heterocycles. The second-order valence-corrected chi connectivity index (χ2v) is 12.0. The number of alkyl halides is 3. The molecule has 1 atom stereocenters. The number of carbonyl (C=O) groups is 2. The van der Waals surface area contributed by atoms with Crippen LogP contribution < -0.4 is 4.90 Å². The molecule has 2 amide bonds. The number of nitrogens with zero attached hydrogens (tertiary/aromatic N) is 5. The van der Waals surface area contributed by atoms with E-state index in [1.165, 1.54) is 22.2 Å². The Morgan fingerprint density at radius 2 is 1.90 bits per heavy atom. The van der Waals surface area contributed by atoms with Crippen LogP contribution in [0.3, 0.4) is 0 Å². The van der Waals surface area contributed by atoms with Gasteiger partial charge >= 0.3 is 12.3 Å². The lowest BCUT2D eigenvalue weighted by Gasteiger charge is -2.46. The highest BCUT2D eigenvalue weighted by molar-refractivity contribution is 6.10. The molecule has 2 saturated carbocycles. The summed E-state index contributed by atoms with van der Waals surface area (Å²) in [5, 5.41) is 30.0. The SMILES string of the molecule is Cn1cnnc1C(O)(c1cccc(N2Cc3c(cc(CN(C(=O)O)C4(C)CCC4)cc3C(F)(F)F)C2=O)c1)C1CCC1. The molecule has 2 aromatic carbocycles. The first-order chi connectivity index (χ1) is 19.8. The molecule has 6 rings (SSSR count). The zero-order valence-corrected chi connectivity index (χ0v) is 23.4. The molecule has 2 N–H and O–H groups in total. The second kappa shape index (κ2) is 9.82. The van der Waals surface area contributed by atoms with Gasteiger partial charge in [0, 0.05) is 30.4 Å². The molecule has 1 aromatic heterocycles. The number of aryl methyl sites for hydroxylation is 1. The number of halogens is 3. The van der Waals surface area contributed by atoms with Crippen LogP contribution in [-0.4, -0.2) is 47.4 Å². The van der Waals surface area contributed by atoms with Gasteiger partial charge in [-0.15, -0.1) is 10.2 Å². The Balaban J connectivity index is 1.38. The minimum Gasteiger partial charge on any atom is -0.465 e. The van der Waals surface area contributed by atoms with E-state index in [4.69, 9.17) is 0 Å². The Labute approximate surface area is 240 Å². The summed E-state index contributed by atoms with van der Waals surface area (Å²) in [5.41, 5.74) is -2.41. The highest BCUT2D eigenvalue weighted by Gasteiger charge is 2.47. The van der Waals surface area contributed by atoms with Crippen LogP contribution >= 0.6 is 0 Å². The topological polar surface area (TPSA) is 112 Å². The molecular formula is C30H32F3N5O4. The average Bonchev–Trinajstić information content (AvgIpc) is 3.47. The maximum atomic E-state index is 14.3. The number of anilines is 1. The first-order valence-electron chi connectivity index (χ1n) is 14.1. The third-order valence-corrected chi connectivity index (χ3v) is 9.41. The molecule has 0 saturated heterocycles. The van der Waals surface area contributed by atoms with Crippen LogP contribution in [-0.2, 0) is 31.9 Å². The lowest BCUT2D eigenvalue weighted by molar-refractivity contribution is -0.138. The van der Waals surface area contributed by atoms with Crippen molar-refractivity contribution >= 4 is 17.7 Å². The van der Waals surface area contributed by atoms with Crippen molar-refractivity contribution in [1.82, 2.24) is 19.7 Å². The van der Waals surface area contributed by atoms with E-state index < -0.39 is 34.9 Å². The van der Waals surface area contributed by atoms with Crippen molar-refractivity contribution in [3.63, 3.8) is 0 Å². The van der Waals surface area contributed by atoms with E-state index in [1.54, 1.807) is 42.8 Å². The quantitative estimate of drug-likeness (QED) is 0.383. The zero-order valence-electron chi connectivity index (χ0n) is 23.4. The molecule has 3 aromatic rings. The maximum Gasteiger partial charge on any atom is 0.416 e. The molecule has 2 heterocycles. The normalized spacial score (nSPS) is 19.6. The molecule has 0 bridgehead atoms. The standard InChI is InChI=1S/C30H32F3N5O4/c1-28(10-5-11-28)38(27(40)41)15-18-12-22-23(24(13-18)30(31,32)33)16-37(25(22)39)21-9-4-8-20(14-21)29(42,19-6-3-7-19)26-35-34-17-36(26)2/h4,8-9,12-14,17,19,42H,3,5-7,10-11,15-16H2,1-2H3,(H,40,41). The van der Waals surface area contributed by atoms with Crippen molar-refractivity contribution in [1.29, 1.82) is 0 Å². The highest BCUT2D eigenvalue weighted by atomic mass is 19.4. The fraction of sp³-hybridized carbons (Fsp3) is 0.467. The number of aromatic nitrogens is 3. The van der Waals surface area contributed by atoms with Gasteiger partial charge in [-0.05, 0) is 85.9 Å². The summed E-state index contributed by atoms with van der Waals surface area (Å²) in [6, 6.07) is 9.01. The molecule has 222 valence electrons. The number of hydrogen-bond donors (Lipinski definition) is 2. The fourth-order valence-electron chi connectivity index (χ4n) is 6.56. The highest BCUT2D eigenvalue weighted by Crippen LogP contribution is 2.47. The summed E-state index contributed by atoms with van der Waals surface area (Å²) in [4.78, 5) is 28.2. The van der Waals surface area contributed by atoms with Gasteiger partial charge < -0.3 is 19.7 Å². The van der Waals surface area contributed by atoms with E-state index in [0.717, 1.165) is 31.7 Å². The van der Waals surface area contributed by atoms with Gasteiger partial charge in [0.05, 0.1) is 12.1 Å². The van der Waals surface area contributed by atoms with Crippen molar-refractivity contribution in [2.75, 3.05) is 4.90 Å². The van der Waals surface area contributed by atoms with Crippen LogP contribution in [0.4, 0.5) is 23.7 Å². The van der Waals surface area contributed by atoms with Crippen LogP contribution in [0.2, 0.25) is 0 Å². The van der Waals surface area contributed by atoms with Crippen LogP contribution in [0.5, 0.6) is 0 Å². The average molecular weight is 584 g/mol. The molecule has 2 fully saturated rings. The van der Waals surface area contributed by atoms with E-state index in [-0.39, 0.29) is 35.7 Å². The monoisotopic (exact) mass is 583 g/mol. The number of benzene rings is 2. The van der Waals surface area contributed by atoms with Crippen molar-refractivity contribution in [3.8, 4) is 0 Å². The lowest BCUT2D eigenvalue weighted by Crippen LogP contribution is -2.53. The third kappa shape index (κ3) is 4.43. The predicted octanol–water partition coefficient (Wildman–Crippen LogP) is 5.45. The van der Waals surface area contributed by atoms with Gasteiger partial charge in [-0.25, -0.2) is 4.79 Å². The van der Waals surface area contributed by atoms with Gasteiger partial charge in [0.15, 0.2) is 11.4 Å². The summed E-state index contributed by atoms with van der Waals surface area (Å²) < 4.78 is 44.6. The van der Waals surface area contributed by atoms with E-state index in [0.29, 0.717) is 29.9 Å². The summed E-state index contributed by atoms with van der Waals surface area (Å²) in [5.74, 6) is -0.388. The molecular weight excluding hydrogens is 551 g/mol. The first kappa shape index (κ1) is 28.2. The smallest absolute Gasteiger partial charge is 0.416 e. The number of hydrogen-bond acceptors (Lipinski definition) is 5. The first-order valence-corrected chi connectivity index (χ1v) is 14.1. The Morgan fingerprint density at radius 1 is 1.17 bits per heavy atom. The molecule has 3 aliphatic rings. The van der Waals surface area contributed by atoms with Crippen molar-refractivity contribution in [2.24, 2.45) is 13.0 Å². The largest absolute Gasteiger partial charge is 0.465 e. The van der Waals surface area contributed by atoms with E-state index in [1.807, 2.05) is 0 Å². The molecule has 42 heavy (non-hydrogen) atoms. The Kier molecular flexibility index (Phi) is 6.60.